The number of ether oxygens (including phenoxy) is 1. The first-order valence-electron chi connectivity index (χ1n) is 6.47. The molecule has 7 heteroatoms. The number of halogens is 1. The van der Waals surface area contributed by atoms with E-state index < -0.39 is 18.0 Å². The summed E-state index contributed by atoms with van der Waals surface area (Å²) in [4.78, 5) is 23.0. The molecule has 1 aromatic carbocycles. The fourth-order valence-corrected chi connectivity index (χ4v) is 1.96. The van der Waals surface area contributed by atoms with Crippen LogP contribution in [0.25, 0.3) is 0 Å². The van der Waals surface area contributed by atoms with Gasteiger partial charge in [-0.1, -0.05) is 25.4 Å². The van der Waals surface area contributed by atoms with E-state index in [-0.39, 0.29) is 5.92 Å². The normalized spacial score (nSPS) is 11.9. The fourth-order valence-electron chi connectivity index (χ4n) is 1.79. The SMILES string of the molecule is COc1ccc(Cl)cc1NC(=O)N[C@H](CC(C)C)C(=O)O. The highest BCUT2D eigenvalue weighted by Gasteiger charge is 2.21. The maximum atomic E-state index is 11.9. The number of urea groups is 1. The Bertz CT molecular complexity index is 520. The van der Waals surface area contributed by atoms with Crippen molar-refractivity contribution in [2.75, 3.05) is 12.4 Å². The van der Waals surface area contributed by atoms with Crippen molar-refractivity contribution in [1.29, 1.82) is 0 Å². The van der Waals surface area contributed by atoms with E-state index in [1.807, 2.05) is 13.8 Å². The molecule has 0 radical (unpaired) electrons. The highest BCUT2D eigenvalue weighted by atomic mass is 35.5. The van der Waals surface area contributed by atoms with Crippen molar-refractivity contribution in [3.8, 4) is 5.75 Å². The highest BCUT2D eigenvalue weighted by Crippen LogP contribution is 2.27. The van der Waals surface area contributed by atoms with Gasteiger partial charge in [-0.05, 0) is 30.5 Å². The third-order valence-electron chi connectivity index (χ3n) is 2.72. The van der Waals surface area contributed by atoms with Gasteiger partial charge in [0.05, 0.1) is 12.8 Å². The quantitative estimate of drug-likeness (QED) is 0.753. The third kappa shape index (κ3) is 5.51. The summed E-state index contributed by atoms with van der Waals surface area (Å²) in [5, 5.41) is 14.5. The number of aliphatic carboxylic acids is 1. The molecule has 0 spiro atoms. The molecule has 0 aliphatic rings. The van der Waals surface area contributed by atoms with Gasteiger partial charge in [0.15, 0.2) is 0 Å². The predicted octanol–water partition coefficient (Wildman–Crippen LogP) is 2.97. The molecule has 0 aliphatic heterocycles. The topological polar surface area (TPSA) is 87.7 Å². The van der Waals surface area contributed by atoms with E-state index in [1.165, 1.54) is 13.2 Å². The molecule has 116 valence electrons. The smallest absolute Gasteiger partial charge is 0.326 e. The molecule has 0 saturated carbocycles. The second kappa shape index (κ2) is 7.73. The second-order valence-electron chi connectivity index (χ2n) is 4.96. The zero-order valence-corrected chi connectivity index (χ0v) is 12.9. The molecule has 0 heterocycles. The molecule has 0 unspecified atom stereocenters. The van der Waals surface area contributed by atoms with E-state index in [2.05, 4.69) is 10.6 Å². The van der Waals surface area contributed by atoms with Gasteiger partial charge in [0, 0.05) is 5.02 Å². The summed E-state index contributed by atoms with van der Waals surface area (Å²) in [6, 6.07) is 3.19. The second-order valence-corrected chi connectivity index (χ2v) is 5.40. The number of benzene rings is 1. The minimum absolute atomic E-state index is 0.145. The molecular formula is C14H19ClN2O4. The minimum Gasteiger partial charge on any atom is -0.495 e. The molecule has 6 nitrogen and oxygen atoms in total. The lowest BCUT2D eigenvalue weighted by molar-refractivity contribution is -0.139. The van der Waals surface area contributed by atoms with Gasteiger partial charge in [-0.25, -0.2) is 9.59 Å². The van der Waals surface area contributed by atoms with Gasteiger partial charge in [-0.2, -0.15) is 0 Å². The van der Waals surface area contributed by atoms with Crippen LogP contribution < -0.4 is 15.4 Å². The molecule has 2 amide bonds. The van der Waals surface area contributed by atoms with E-state index in [9.17, 15) is 9.59 Å². The largest absolute Gasteiger partial charge is 0.495 e. The molecule has 1 aromatic rings. The number of carboxylic acids is 1. The summed E-state index contributed by atoms with van der Waals surface area (Å²) in [7, 11) is 1.46. The number of amides is 2. The molecule has 0 saturated heterocycles. The Morgan fingerprint density at radius 1 is 1.38 bits per heavy atom. The summed E-state index contributed by atoms with van der Waals surface area (Å²) in [6.45, 7) is 3.77. The zero-order chi connectivity index (χ0) is 16.0. The van der Waals surface area contributed by atoms with Gasteiger partial charge in [0.25, 0.3) is 0 Å². The van der Waals surface area contributed by atoms with Crippen molar-refractivity contribution in [3.05, 3.63) is 23.2 Å². The Kier molecular flexibility index (Phi) is 6.30. The molecule has 21 heavy (non-hydrogen) atoms. The number of nitrogens with one attached hydrogen (secondary N) is 2. The van der Waals surface area contributed by atoms with Crippen molar-refractivity contribution in [2.24, 2.45) is 5.92 Å². The first kappa shape index (κ1) is 17.1. The summed E-state index contributed by atoms with van der Waals surface area (Å²) < 4.78 is 5.10. The third-order valence-corrected chi connectivity index (χ3v) is 2.96. The molecule has 0 fully saturated rings. The molecule has 3 N–H and O–H groups in total. The van der Waals surface area contributed by atoms with Crippen LogP contribution in [0.1, 0.15) is 20.3 Å². The Labute approximate surface area is 128 Å². The van der Waals surface area contributed by atoms with E-state index in [4.69, 9.17) is 21.4 Å². The number of hydrogen-bond acceptors (Lipinski definition) is 3. The zero-order valence-electron chi connectivity index (χ0n) is 12.1. The summed E-state index contributed by atoms with van der Waals surface area (Å²) in [6.07, 6.45) is 0.343. The van der Waals surface area contributed by atoms with Gasteiger partial charge >= 0.3 is 12.0 Å². The Balaban J connectivity index is 2.76. The van der Waals surface area contributed by atoms with E-state index in [0.717, 1.165) is 0 Å². The van der Waals surface area contributed by atoms with Crippen LogP contribution in [0, 0.1) is 5.92 Å². The molecule has 0 bridgehead atoms. The van der Waals surface area contributed by atoms with Crippen molar-refractivity contribution in [3.63, 3.8) is 0 Å². The molecule has 0 aromatic heterocycles. The lowest BCUT2D eigenvalue weighted by atomic mass is 10.0. The van der Waals surface area contributed by atoms with Crippen molar-refractivity contribution >= 4 is 29.3 Å². The van der Waals surface area contributed by atoms with Gasteiger partial charge in [0.1, 0.15) is 11.8 Å². The standard InChI is InChI=1S/C14H19ClN2O4/c1-8(2)6-11(13(18)19)17-14(20)16-10-7-9(15)4-5-12(10)21-3/h4-5,7-8,11H,6H2,1-3H3,(H,18,19)(H2,16,17,20)/t11-/m1/s1. The number of carbonyl (C=O) groups excluding carboxylic acids is 1. The maximum absolute atomic E-state index is 11.9. The van der Waals surface area contributed by atoms with Crippen molar-refractivity contribution in [1.82, 2.24) is 5.32 Å². The average molecular weight is 315 g/mol. The minimum atomic E-state index is -1.07. The monoisotopic (exact) mass is 314 g/mol. The molecule has 1 rings (SSSR count). The molecular weight excluding hydrogens is 296 g/mol. The maximum Gasteiger partial charge on any atom is 0.326 e. The van der Waals surface area contributed by atoms with E-state index in [0.29, 0.717) is 22.9 Å². The molecule has 0 aliphatic carbocycles. The number of carboxylic acid groups (broad SMARTS) is 1. The van der Waals surface area contributed by atoms with Gasteiger partial charge < -0.3 is 20.5 Å². The summed E-state index contributed by atoms with van der Waals surface area (Å²) >= 11 is 5.86. The first-order chi connectivity index (χ1) is 9.83. The highest BCUT2D eigenvalue weighted by molar-refractivity contribution is 6.31. The van der Waals surface area contributed by atoms with Crippen LogP contribution in [0.15, 0.2) is 18.2 Å². The van der Waals surface area contributed by atoms with Crippen LogP contribution in [-0.4, -0.2) is 30.3 Å². The van der Waals surface area contributed by atoms with Crippen LogP contribution in [0.4, 0.5) is 10.5 Å². The lowest BCUT2D eigenvalue weighted by Crippen LogP contribution is -2.43. The van der Waals surface area contributed by atoms with Crippen LogP contribution in [-0.2, 0) is 4.79 Å². The van der Waals surface area contributed by atoms with Gasteiger partial charge in [-0.3, -0.25) is 0 Å². The lowest BCUT2D eigenvalue weighted by Gasteiger charge is -2.17. The Morgan fingerprint density at radius 2 is 2.05 bits per heavy atom. The summed E-state index contributed by atoms with van der Waals surface area (Å²) in [5.74, 6) is -0.491. The predicted molar refractivity (Wildman–Crippen MR) is 81.0 cm³/mol. The molecule has 1 atom stereocenters. The Hall–Kier alpha value is -1.95. The van der Waals surface area contributed by atoms with Gasteiger partial charge in [-0.15, -0.1) is 0 Å². The van der Waals surface area contributed by atoms with Crippen molar-refractivity contribution in [2.45, 2.75) is 26.3 Å². The number of carbonyl (C=O) groups is 2. The average Bonchev–Trinajstić information content (AvgIpc) is 2.37. The Morgan fingerprint density at radius 3 is 2.57 bits per heavy atom. The van der Waals surface area contributed by atoms with E-state index in [1.54, 1.807) is 12.1 Å². The van der Waals surface area contributed by atoms with Crippen molar-refractivity contribution < 1.29 is 19.4 Å². The van der Waals surface area contributed by atoms with Crippen LogP contribution in [0.2, 0.25) is 5.02 Å². The number of hydrogen-bond donors (Lipinski definition) is 3. The number of rotatable bonds is 6. The number of anilines is 1. The van der Waals surface area contributed by atoms with E-state index >= 15 is 0 Å². The fraction of sp³-hybridized carbons (Fsp3) is 0.429. The van der Waals surface area contributed by atoms with Crippen LogP contribution in [0.3, 0.4) is 0 Å². The van der Waals surface area contributed by atoms with Crippen LogP contribution in [0.5, 0.6) is 5.75 Å². The van der Waals surface area contributed by atoms with Gasteiger partial charge in [0.2, 0.25) is 0 Å². The summed E-state index contributed by atoms with van der Waals surface area (Å²) in [5.41, 5.74) is 0.371. The van der Waals surface area contributed by atoms with Crippen LogP contribution >= 0.6 is 11.6 Å². The first-order valence-corrected chi connectivity index (χ1v) is 6.85. The number of methoxy groups -OCH3 is 1.